The summed E-state index contributed by atoms with van der Waals surface area (Å²) in [5.74, 6) is -0.566. The Hall–Kier alpha value is -4.16. The molecule has 0 amide bonds. The van der Waals surface area contributed by atoms with Crippen molar-refractivity contribution in [2.45, 2.75) is 82.1 Å². The number of hydrogen-bond donors (Lipinski definition) is 2. The average Bonchev–Trinajstić information content (AvgIpc) is 3.74. The molecular formula is C36H37F3N6O3. The molecule has 2 aromatic heterocycles. The van der Waals surface area contributed by atoms with Crippen LogP contribution in [0.2, 0.25) is 0 Å². The number of phenolic OH excluding ortho intramolecular Hbond substituents is 1. The van der Waals surface area contributed by atoms with Crippen molar-refractivity contribution in [1.29, 1.82) is 0 Å². The number of aryl methyl sites for hydroxylation is 1. The highest BCUT2D eigenvalue weighted by molar-refractivity contribution is 6.03. The van der Waals surface area contributed by atoms with Gasteiger partial charge in [0, 0.05) is 30.7 Å². The highest BCUT2D eigenvalue weighted by Gasteiger charge is 2.49. The van der Waals surface area contributed by atoms with E-state index in [4.69, 9.17) is 19.4 Å². The van der Waals surface area contributed by atoms with E-state index in [2.05, 4.69) is 20.1 Å². The Labute approximate surface area is 275 Å². The van der Waals surface area contributed by atoms with Gasteiger partial charge in [0.15, 0.2) is 5.82 Å². The summed E-state index contributed by atoms with van der Waals surface area (Å²) < 4.78 is 58.9. The fourth-order valence-corrected chi connectivity index (χ4v) is 9.22. The molecule has 5 aliphatic rings. The van der Waals surface area contributed by atoms with Crippen LogP contribution in [0.4, 0.5) is 19.0 Å². The predicted molar refractivity (Wildman–Crippen MR) is 175 cm³/mol. The topological polar surface area (TPSA) is 95.9 Å². The van der Waals surface area contributed by atoms with E-state index in [0.717, 1.165) is 37.8 Å². The van der Waals surface area contributed by atoms with Crippen LogP contribution in [-0.4, -0.2) is 81.0 Å². The molecule has 5 aliphatic heterocycles. The van der Waals surface area contributed by atoms with E-state index < -0.39 is 11.6 Å². The molecule has 0 spiro atoms. The number of nitrogens with zero attached hydrogens (tertiary/aromatic N) is 5. The fraction of sp³-hybridized carbons (Fsp3) is 0.472. The van der Waals surface area contributed by atoms with Crippen molar-refractivity contribution in [2.24, 2.45) is 0 Å². The van der Waals surface area contributed by atoms with Gasteiger partial charge in [0.05, 0.1) is 17.9 Å². The third kappa shape index (κ3) is 4.41. The molecule has 0 aliphatic carbocycles. The van der Waals surface area contributed by atoms with E-state index in [-0.39, 0.29) is 70.8 Å². The molecular weight excluding hydrogens is 621 g/mol. The Morgan fingerprint density at radius 3 is 2.88 bits per heavy atom. The van der Waals surface area contributed by atoms with Crippen LogP contribution in [0.3, 0.4) is 0 Å². The summed E-state index contributed by atoms with van der Waals surface area (Å²) in [5.41, 5.74) is 0.894. The van der Waals surface area contributed by atoms with Crippen LogP contribution >= 0.6 is 0 Å². The number of nitrogens with one attached hydrogen (secondary N) is 1. The van der Waals surface area contributed by atoms with E-state index in [9.17, 15) is 9.50 Å². The minimum Gasteiger partial charge on any atom is -0.508 e. The van der Waals surface area contributed by atoms with Crippen molar-refractivity contribution in [1.82, 2.24) is 25.2 Å². The van der Waals surface area contributed by atoms with Gasteiger partial charge >= 0.3 is 6.01 Å². The van der Waals surface area contributed by atoms with Gasteiger partial charge in [-0.1, -0.05) is 13.0 Å². The van der Waals surface area contributed by atoms with Crippen molar-refractivity contribution in [3.8, 4) is 28.9 Å². The molecule has 2 bridgehead atoms. The molecule has 7 heterocycles. The second kappa shape index (κ2) is 10.9. The highest BCUT2D eigenvalue weighted by atomic mass is 19.1. The number of pyridine rings is 1. The van der Waals surface area contributed by atoms with Gasteiger partial charge in [0.1, 0.15) is 46.7 Å². The fourth-order valence-electron chi connectivity index (χ4n) is 9.22. The van der Waals surface area contributed by atoms with Crippen LogP contribution in [0.5, 0.6) is 17.6 Å². The maximum absolute atomic E-state index is 17.2. The van der Waals surface area contributed by atoms with Gasteiger partial charge in [-0.15, -0.1) is 0 Å². The van der Waals surface area contributed by atoms with E-state index >= 15 is 8.78 Å². The molecule has 0 radical (unpaired) electrons. The van der Waals surface area contributed by atoms with Gasteiger partial charge in [-0.3, -0.25) is 4.90 Å². The lowest BCUT2D eigenvalue weighted by Gasteiger charge is -2.42. The number of aromatic nitrogens is 3. The lowest BCUT2D eigenvalue weighted by Crippen LogP contribution is -2.62. The van der Waals surface area contributed by atoms with Gasteiger partial charge in [0.2, 0.25) is 5.88 Å². The van der Waals surface area contributed by atoms with Gasteiger partial charge in [-0.25, -0.2) is 18.2 Å². The van der Waals surface area contributed by atoms with Crippen LogP contribution in [0.1, 0.15) is 51.5 Å². The molecule has 5 atom stereocenters. The van der Waals surface area contributed by atoms with Gasteiger partial charge in [0.25, 0.3) is 0 Å². The van der Waals surface area contributed by atoms with Crippen molar-refractivity contribution >= 4 is 27.5 Å². The number of hydrogen-bond acceptors (Lipinski definition) is 9. The second-order valence-corrected chi connectivity index (χ2v) is 14.1. The number of benzene rings is 2. The van der Waals surface area contributed by atoms with Crippen molar-refractivity contribution in [3.05, 3.63) is 53.4 Å². The maximum atomic E-state index is 17.2. The number of ether oxygens (including phenoxy) is 2. The second-order valence-electron chi connectivity index (χ2n) is 14.1. The molecule has 1 unspecified atom stereocenters. The van der Waals surface area contributed by atoms with Gasteiger partial charge in [-0.05, 0) is 92.1 Å². The van der Waals surface area contributed by atoms with Crippen LogP contribution in [0.25, 0.3) is 32.9 Å². The van der Waals surface area contributed by atoms with Crippen LogP contribution in [-0.2, 0) is 6.42 Å². The first-order chi connectivity index (χ1) is 23.3. The number of anilines is 1. The van der Waals surface area contributed by atoms with Gasteiger partial charge in [-0.2, -0.15) is 9.97 Å². The van der Waals surface area contributed by atoms with E-state index in [1.807, 2.05) is 13.8 Å². The summed E-state index contributed by atoms with van der Waals surface area (Å²) in [7, 11) is 0. The third-order valence-electron chi connectivity index (χ3n) is 11.3. The van der Waals surface area contributed by atoms with Gasteiger partial charge < -0.3 is 24.8 Å². The lowest BCUT2D eigenvalue weighted by molar-refractivity contribution is 0.108. The summed E-state index contributed by atoms with van der Waals surface area (Å²) in [4.78, 5) is 18.9. The first-order valence-electron chi connectivity index (χ1n) is 17.0. The van der Waals surface area contributed by atoms with Crippen molar-refractivity contribution < 1.29 is 27.8 Å². The first kappa shape index (κ1) is 29.9. The molecule has 9 rings (SSSR count). The minimum atomic E-state index is -0.738. The summed E-state index contributed by atoms with van der Waals surface area (Å²) in [6.45, 7) is 6.14. The number of aromatic hydroxyl groups is 1. The van der Waals surface area contributed by atoms with E-state index in [1.54, 1.807) is 6.07 Å². The molecule has 2 N–H and O–H groups in total. The molecule has 4 saturated heterocycles. The van der Waals surface area contributed by atoms with Crippen molar-refractivity contribution in [3.63, 3.8) is 0 Å². The summed E-state index contributed by atoms with van der Waals surface area (Å²) in [5, 5.41) is 15.8. The zero-order chi connectivity index (χ0) is 32.9. The number of phenols is 1. The Bertz CT molecular complexity index is 2030. The maximum Gasteiger partial charge on any atom is 0.319 e. The average molecular weight is 659 g/mol. The van der Waals surface area contributed by atoms with E-state index in [1.165, 1.54) is 18.2 Å². The third-order valence-corrected chi connectivity index (χ3v) is 11.3. The molecule has 0 saturated carbocycles. The normalized spacial score (nSPS) is 28.6. The molecule has 12 heteroatoms. The highest BCUT2D eigenvalue weighted by Crippen LogP contribution is 2.47. The van der Waals surface area contributed by atoms with Crippen LogP contribution in [0, 0.1) is 11.6 Å². The summed E-state index contributed by atoms with van der Waals surface area (Å²) in [6.07, 6.45) is 5.11. The molecule has 48 heavy (non-hydrogen) atoms. The number of halogens is 3. The Morgan fingerprint density at radius 2 is 2.04 bits per heavy atom. The monoisotopic (exact) mass is 658 g/mol. The zero-order valence-corrected chi connectivity index (χ0v) is 26.9. The van der Waals surface area contributed by atoms with Crippen LogP contribution < -0.4 is 19.7 Å². The smallest absolute Gasteiger partial charge is 0.319 e. The largest absolute Gasteiger partial charge is 0.508 e. The van der Waals surface area contributed by atoms with Crippen molar-refractivity contribution in [2.75, 3.05) is 31.1 Å². The molecule has 9 nitrogen and oxygen atoms in total. The minimum absolute atomic E-state index is 0.0174. The number of rotatable bonds is 5. The van der Waals surface area contributed by atoms with E-state index in [0.29, 0.717) is 59.8 Å². The molecule has 4 aromatic rings. The lowest BCUT2D eigenvalue weighted by atomic mass is 9.94. The number of piperazine rings is 1. The molecule has 2 aromatic carbocycles. The first-order valence-corrected chi connectivity index (χ1v) is 17.0. The Morgan fingerprint density at radius 1 is 1.17 bits per heavy atom. The van der Waals surface area contributed by atoms with Crippen LogP contribution in [0.15, 0.2) is 36.2 Å². The SMILES string of the molecule is CCc1c(F)ccc2cc(O)cc(-c3nc4c5c(nc(OCC67CCCN6C/C(=C\F)C7)nc5c3F)N3C[C@H]5CC[C@H](N5)[C@H]3[C@H](C)O4)c12. The quantitative estimate of drug-likeness (QED) is 0.270. The Kier molecular flexibility index (Phi) is 6.82. The summed E-state index contributed by atoms with van der Waals surface area (Å²) >= 11 is 0. The zero-order valence-electron chi connectivity index (χ0n) is 26.9. The number of fused-ring (bicyclic) bond motifs is 7. The summed E-state index contributed by atoms with van der Waals surface area (Å²) in [6, 6.07) is 6.21. The molecule has 4 fully saturated rings. The predicted octanol–water partition coefficient (Wildman–Crippen LogP) is 5.95. The Balaban J connectivity index is 1.25. The standard InChI is InChI=1S/C36H37F3N6O3/c1-3-23-25(38)7-5-20-11-22(46)12-24(27(20)23)30-29(39)31-28-33(45-16-21-6-8-26(40-21)32(45)18(2)48-34(28)41-30)43-35(42-31)47-17-36-9-4-10-44(36)15-19(13-36)14-37/h5,7,11-12,14,18,21,26,32,40,46H,3-4,6,8-10,13,15-17H2,1-2H3/b19-14-/t18-,21+,26-,32+,36?/m0/s1. The molecule has 250 valence electrons.